The Morgan fingerprint density at radius 3 is 2.35 bits per heavy atom. The first kappa shape index (κ1) is 19.2. The molecule has 4 heteroatoms. The molecule has 2 aliphatic carbocycles. The molecule has 144 valence electrons. The molecule has 2 fully saturated rings. The van der Waals surface area contributed by atoms with Gasteiger partial charge in [-0.2, -0.15) is 0 Å². The van der Waals surface area contributed by atoms with Gasteiger partial charge in [-0.25, -0.2) is 0 Å². The lowest BCUT2D eigenvalue weighted by atomic mass is 9.88. The highest BCUT2D eigenvalue weighted by atomic mass is 16.5. The summed E-state index contributed by atoms with van der Waals surface area (Å²) in [5.41, 5.74) is 1.21. The average molecular weight is 359 g/mol. The van der Waals surface area contributed by atoms with Crippen LogP contribution in [0, 0.1) is 5.92 Å². The van der Waals surface area contributed by atoms with Crippen molar-refractivity contribution in [2.75, 3.05) is 27.2 Å². The zero-order chi connectivity index (χ0) is 18.4. The lowest BCUT2D eigenvalue weighted by Gasteiger charge is -2.29. The molecule has 0 bridgehead atoms. The predicted octanol–water partition coefficient (Wildman–Crippen LogP) is 4.09. The van der Waals surface area contributed by atoms with Crippen LogP contribution < -0.4 is 4.74 Å². The first-order valence-electron chi connectivity index (χ1n) is 10.3. The topological polar surface area (TPSA) is 32.8 Å². The number of benzene rings is 1. The minimum atomic E-state index is 0.267. The highest BCUT2D eigenvalue weighted by molar-refractivity contribution is 5.79. The van der Waals surface area contributed by atoms with Crippen LogP contribution in [0.25, 0.3) is 0 Å². The largest absolute Gasteiger partial charge is 0.494 e. The Morgan fingerprint density at radius 1 is 1.04 bits per heavy atom. The van der Waals surface area contributed by atoms with E-state index in [-0.39, 0.29) is 5.92 Å². The minimum Gasteiger partial charge on any atom is -0.494 e. The molecular formula is C22H34N2O2. The van der Waals surface area contributed by atoms with Crippen LogP contribution in [0.4, 0.5) is 0 Å². The molecule has 0 N–H and O–H groups in total. The summed E-state index contributed by atoms with van der Waals surface area (Å²) in [6.07, 6.45) is 9.27. The second-order valence-electron chi connectivity index (χ2n) is 8.18. The van der Waals surface area contributed by atoms with Gasteiger partial charge in [0.15, 0.2) is 0 Å². The lowest BCUT2D eigenvalue weighted by molar-refractivity contribution is -0.137. The SMILES string of the molecule is CN(C)CCCOc1ccc(CN(C(=O)C2CCCCC2)C2CC2)cc1. The van der Waals surface area contributed by atoms with E-state index in [1.54, 1.807) is 0 Å². The Morgan fingerprint density at radius 2 is 1.73 bits per heavy atom. The normalized spacial score (nSPS) is 18.1. The number of ether oxygens (including phenoxy) is 1. The Bertz CT molecular complexity index is 560. The van der Waals surface area contributed by atoms with Gasteiger partial charge in [0.25, 0.3) is 0 Å². The lowest BCUT2D eigenvalue weighted by Crippen LogP contribution is -2.38. The first-order chi connectivity index (χ1) is 12.6. The number of carbonyl (C=O) groups is 1. The summed E-state index contributed by atoms with van der Waals surface area (Å²) in [6.45, 7) is 2.53. The monoisotopic (exact) mass is 358 g/mol. The first-order valence-corrected chi connectivity index (χ1v) is 10.3. The van der Waals surface area contributed by atoms with Gasteiger partial charge in [0.1, 0.15) is 5.75 Å². The summed E-state index contributed by atoms with van der Waals surface area (Å²) in [5.74, 6) is 1.59. The maximum Gasteiger partial charge on any atom is 0.226 e. The molecule has 0 aromatic heterocycles. The number of rotatable bonds is 9. The molecule has 0 unspecified atom stereocenters. The van der Waals surface area contributed by atoms with E-state index in [1.165, 1.54) is 37.7 Å². The summed E-state index contributed by atoms with van der Waals surface area (Å²) in [4.78, 5) is 17.3. The van der Waals surface area contributed by atoms with Crippen molar-refractivity contribution in [2.24, 2.45) is 5.92 Å². The van der Waals surface area contributed by atoms with E-state index in [1.807, 2.05) is 12.1 Å². The molecule has 2 aliphatic rings. The molecule has 1 aromatic rings. The van der Waals surface area contributed by atoms with Gasteiger partial charge in [-0.3, -0.25) is 4.79 Å². The molecule has 0 radical (unpaired) electrons. The summed E-state index contributed by atoms with van der Waals surface area (Å²) < 4.78 is 5.81. The maximum absolute atomic E-state index is 13.0. The number of hydrogen-bond acceptors (Lipinski definition) is 3. The minimum absolute atomic E-state index is 0.267. The van der Waals surface area contributed by atoms with Gasteiger partial charge in [0, 0.05) is 25.0 Å². The standard InChI is InChI=1S/C22H34N2O2/c1-23(2)15-6-16-26-21-13-9-18(10-14-21)17-24(20-11-12-20)22(25)19-7-4-3-5-8-19/h9-10,13-14,19-20H,3-8,11-12,15-17H2,1-2H3. The average Bonchev–Trinajstić information content (AvgIpc) is 3.49. The van der Waals surface area contributed by atoms with Crippen LogP contribution in [-0.4, -0.2) is 49.0 Å². The third-order valence-corrected chi connectivity index (χ3v) is 5.52. The Balaban J connectivity index is 1.51. The number of hydrogen-bond donors (Lipinski definition) is 0. The molecule has 1 amide bonds. The fourth-order valence-electron chi connectivity index (χ4n) is 3.82. The molecule has 0 aliphatic heterocycles. The van der Waals surface area contributed by atoms with E-state index in [4.69, 9.17) is 4.74 Å². The van der Waals surface area contributed by atoms with Gasteiger partial charge < -0.3 is 14.5 Å². The summed E-state index contributed by atoms with van der Waals surface area (Å²) in [7, 11) is 4.16. The summed E-state index contributed by atoms with van der Waals surface area (Å²) in [6, 6.07) is 8.80. The fraction of sp³-hybridized carbons (Fsp3) is 0.682. The van der Waals surface area contributed by atoms with E-state index < -0.39 is 0 Å². The summed E-state index contributed by atoms with van der Waals surface area (Å²) >= 11 is 0. The van der Waals surface area contributed by atoms with Crippen molar-refractivity contribution in [3.63, 3.8) is 0 Å². The van der Waals surface area contributed by atoms with Crippen molar-refractivity contribution < 1.29 is 9.53 Å². The molecule has 1 aromatic carbocycles. The van der Waals surface area contributed by atoms with E-state index >= 15 is 0 Å². The van der Waals surface area contributed by atoms with Gasteiger partial charge in [-0.15, -0.1) is 0 Å². The van der Waals surface area contributed by atoms with Crippen molar-refractivity contribution in [3.8, 4) is 5.75 Å². The van der Waals surface area contributed by atoms with E-state index in [2.05, 4.69) is 36.0 Å². The molecule has 26 heavy (non-hydrogen) atoms. The molecule has 0 saturated heterocycles. The smallest absolute Gasteiger partial charge is 0.226 e. The molecule has 2 saturated carbocycles. The third-order valence-electron chi connectivity index (χ3n) is 5.52. The van der Waals surface area contributed by atoms with E-state index in [0.29, 0.717) is 11.9 Å². The van der Waals surface area contributed by atoms with Gasteiger partial charge in [-0.05, 0) is 63.9 Å². The van der Waals surface area contributed by atoms with Gasteiger partial charge >= 0.3 is 0 Å². The van der Waals surface area contributed by atoms with Gasteiger partial charge in [0.2, 0.25) is 5.91 Å². The number of nitrogens with zero attached hydrogens (tertiary/aromatic N) is 2. The Labute approximate surface area is 158 Å². The fourth-order valence-corrected chi connectivity index (χ4v) is 3.82. The molecule has 0 atom stereocenters. The van der Waals surface area contributed by atoms with Crippen molar-refractivity contribution in [3.05, 3.63) is 29.8 Å². The molecule has 0 heterocycles. The van der Waals surface area contributed by atoms with E-state index in [9.17, 15) is 4.79 Å². The van der Waals surface area contributed by atoms with Crippen LogP contribution in [-0.2, 0) is 11.3 Å². The van der Waals surface area contributed by atoms with Crippen molar-refractivity contribution in [1.29, 1.82) is 0 Å². The number of amides is 1. The van der Waals surface area contributed by atoms with Crippen LogP contribution in [0.5, 0.6) is 5.75 Å². The van der Waals surface area contributed by atoms with Crippen LogP contribution in [0.15, 0.2) is 24.3 Å². The maximum atomic E-state index is 13.0. The highest BCUT2D eigenvalue weighted by Crippen LogP contribution is 2.33. The van der Waals surface area contributed by atoms with Gasteiger partial charge in [0.05, 0.1) is 6.61 Å². The Hall–Kier alpha value is -1.55. The second-order valence-corrected chi connectivity index (χ2v) is 8.18. The molecule has 0 spiro atoms. The third kappa shape index (κ3) is 5.73. The summed E-state index contributed by atoms with van der Waals surface area (Å²) in [5, 5.41) is 0. The van der Waals surface area contributed by atoms with Crippen molar-refractivity contribution in [1.82, 2.24) is 9.80 Å². The molecule has 4 nitrogen and oxygen atoms in total. The highest BCUT2D eigenvalue weighted by Gasteiger charge is 2.36. The van der Waals surface area contributed by atoms with Gasteiger partial charge in [-0.1, -0.05) is 31.4 Å². The van der Waals surface area contributed by atoms with Crippen LogP contribution in [0.3, 0.4) is 0 Å². The number of carbonyl (C=O) groups excluding carboxylic acids is 1. The zero-order valence-electron chi connectivity index (χ0n) is 16.5. The second kappa shape index (κ2) is 9.40. The van der Waals surface area contributed by atoms with Crippen LogP contribution in [0.2, 0.25) is 0 Å². The van der Waals surface area contributed by atoms with E-state index in [0.717, 1.165) is 44.7 Å². The van der Waals surface area contributed by atoms with Crippen LogP contribution >= 0.6 is 0 Å². The van der Waals surface area contributed by atoms with Crippen LogP contribution in [0.1, 0.15) is 56.9 Å². The quantitative estimate of drug-likeness (QED) is 0.623. The van der Waals surface area contributed by atoms with Crippen molar-refractivity contribution in [2.45, 2.75) is 64.0 Å². The molecule has 3 rings (SSSR count). The zero-order valence-corrected chi connectivity index (χ0v) is 16.5. The van der Waals surface area contributed by atoms with Crippen molar-refractivity contribution >= 4 is 5.91 Å². The molecular weight excluding hydrogens is 324 g/mol. The predicted molar refractivity (Wildman–Crippen MR) is 105 cm³/mol. The Kier molecular flexibility index (Phi) is 6.95.